The molecule has 4 nitrogen and oxygen atoms in total. The number of fused-ring (bicyclic) bond motifs is 1. The minimum Gasteiger partial charge on any atom is -0.507 e. The van der Waals surface area contributed by atoms with Crippen LogP contribution < -0.4 is 0 Å². The molecule has 1 saturated heterocycles. The number of hydrogen-bond acceptors (Lipinski definition) is 4. The number of phenols is 1. The minimum absolute atomic E-state index is 0.297. The van der Waals surface area contributed by atoms with Crippen LogP contribution in [0.3, 0.4) is 0 Å². The van der Waals surface area contributed by atoms with E-state index < -0.39 is 0 Å². The maximum atomic E-state index is 10.4. The van der Waals surface area contributed by atoms with E-state index in [0.29, 0.717) is 12.2 Å². The molecular weight excluding hydrogens is 358 g/mol. The molecule has 4 rings (SSSR count). The van der Waals surface area contributed by atoms with Gasteiger partial charge in [-0.15, -0.1) is 6.58 Å². The van der Waals surface area contributed by atoms with Crippen molar-refractivity contribution in [2.24, 2.45) is 5.10 Å². The lowest BCUT2D eigenvalue weighted by atomic mass is 10.0. The number of hydrazone groups is 1. The molecule has 1 heterocycles. The highest BCUT2D eigenvalue weighted by Gasteiger charge is 2.16. The maximum Gasteiger partial charge on any atom is 0.127 e. The zero-order valence-electron chi connectivity index (χ0n) is 16.7. The first kappa shape index (κ1) is 19.2. The zero-order valence-corrected chi connectivity index (χ0v) is 16.7. The number of nitrogens with zero attached hydrogens (tertiary/aromatic N) is 3. The van der Waals surface area contributed by atoms with Crippen LogP contribution in [0.5, 0.6) is 5.75 Å². The third-order valence-corrected chi connectivity index (χ3v) is 5.50. The van der Waals surface area contributed by atoms with Gasteiger partial charge in [0, 0.05) is 38.3 Å². The summed E-state index contributed by atoms with van der Waals surface area (Å²) < 4.78 is 0. The monoisotopic (exact) mass is 385 g/mol. The average Bonchev–Trinajstić information content (AvgIpc) is 2.76. The van der Waals surface area contributed by atoms with Crippen LogP contribution in [0.15, 0.2) is 78.4 Å². The van der Waals surface area contributed by atoms with Gasteiger partial charge in [-0.1, -0.05) is 60.7 Å². The summed E-state index contributed by atoms with van der Waals surface area (Å²) >= 11 is 0. The summed E-state index contributed by atoms with van der Waals surface area (Å²) in [5, 5.41) is 19.7. The number of hydrogen-bond donors (Lipinski definition) is 1. The van der Waals surface area contributed by atoms with Gasteiger partial charge in [0.25, 0.3) is 0 Å². The topological polar surface area (TPSA) is 39.1 Å². The van der Waals surface area contributed by atoms with Crippen LogP contribution in [0, 0.1) is 0 Å². The Morgan fingerprint density at radius 2 is 1.62 bits per heavy atom. The smallest absolute Gasteiger partial charge is 0.127 e. The number of piperazine rings is 1. The van der Waals surface area contributed by atoms with E-state index in [9.17, 15) is 5.11 Å². The average molecular weight is 386 g/mol. The van der Waals surface area contributed by atoms with Crippen molar-refractivity contribution in [1.29, 1.82) is 0 Å². The lowest BCUT2D eigenvalue weighted by Crippen LogP contribution is -2.43. The second-order valence-corrected chi connectivity index (χ2v) is 7.46. The summed E-state index contributed by atoms with van der Waals surface area (Å²) in [5.74, 6) is 0.297. The fourth-order valence-electron chi connectivity index (χ4n) is 3.86. The van der Waals surface area contributed by atoms with Gasteiger partial charge in [0.15, 0.2) is 0 Å². The number of phenolic OH excluding ortho intramolecular Hbond substituents is 1. The molecule has 3 aromatic rings. The summed E-state index contributed by atoms with van der Waals surface area (Å²) in [6, 6.07) is 20.9. The normalized spacial score (nSPS) is 15.2. The first-order chi connectivity index (χ1) is 14.2. The fourth-order valence-corrected chi connectivity index (χ4v) is 3.86. The Balaban J connectivity index is 1.37. The summed E-state index contributed by atoms with van der Waals surface area (Å²) in [4.78, 5) is 2.48. The molecule has 0 bridgehead atoms. The quantitative estimate of drug-likeness (QED) is 0.504. The van der Waals surface area contributed by atoms with Crippen molar-refractivity contribution in [3.05, 3.63) is 90.0 Å². The van der Waals surface area contributed by atoms with Crippen LogP contribution >= 0.6 is 0 Å². The fraction of sp³-hybridized carbons (Fsp3) is 0.240. The van der Waals surface area contributed by atoms with Gasteiger partial charge in [0.05, 0.1) is 6.21 Å². The first-order valence-corrected chi connectivity index (χ1v) is 10.1. The van der Waals surface area contributed by atoms with Crippen molar-refractivity contribution in [2.45, 2.75) is 13.0 Å². The molecule has 1 aliphatic rings. The molecule has 0 saturated carbocycles. The first-order valence-electron chi connectivity index (χ1n) is 10.1. The Labute approximate surface area is 172 Å². The van der Waals surface area contributed by atoms with E-state index >= 15 is 0 Å². The molecule has 0 unspecified atom stereocenters. The SMILES string of the molecule is C=CCc1cccc(C=NN2CCN(Cc3cccc4ccccc34)CC2)c1O. The summed E-state index contributed by atoms with van der Waals surface area (Å²) in [6.07, 6.45) is 4.22. The Hall–Kier alpha value is -3.11. The molecule has 0 amide bonds. The van der Waals surface area contributed by atoms with Gasteiger partial charge in [0.1, 0.15) is 5.75 Å². The van der Waals surface area contributed by atoms with Crippen molar-refractivity contribution in [3.63, 3.8) is 0 Å². The Morgan fingerprint density at radius 1 is 0.897 bits per heavy atom. The lowest BCUT2D eigenvalue weighted by molar-refractivity contribution is 0.131. The molecule has 1 fully saturated rings. The molecule has 0 atom stereocenters. The highest BCUT2D eigenvalue weighted by Crippen LogP contribution is 2.22. The molecule has 29 heavy (non-hydrogen) atoms. The van der Waals surface area contributed by atoms with E-state index in [-0.39, 0.29) is 0 Å². The molecule has 0 spiro atoms. The highest BCUT2D eigenvalue weighted by molar-refractivity contribution is 5.85. The predicted molar refractivity (Wildman–Crippen MR) is 120 cm³/mol. The second kappa shape index (κ2) is 8.93. The van der Waals surface area contributed by atoms with Gasteiger partial charge < -0.3 is 5.11 Å². The number of benzene rings is 3. The van der Waals surface area contributed by atoms with Crippen LogP contribution in [-0.2, 0) is 13.0 Å². The number of para-hydroxylation sites is 1. The lowest BCUT2D eigenvalue weighted by Gasteiger charge is -2.33. The van der Waals surface area contributed by atoms with Crippen LogP contribution in [0.25, 0.3) is 10.8 Å². The predicted octanol–water partition coefficient (Wildman–Crippen LogP) is 4.43. The van der Waals surface area contributed by atoms with Crippen molar-refractivity contribution >= 4 is 17.0 Å². The van der Waals surface area contributed by atoms with Crippen LogP contribution in [0.2, 0.25) is 0 Å². The van der Waals surface area contributed by atoms with E-state index in [2.05, 4.69) is 64.1 Å². The van der Waals surface area contributed by atoms with E-state index in [1.807, 2.05) is 18.2 Å². The van der Waals surface area contributed by atoms with E-state index in [4.69, 9.17) is 0 Å². The van der Waals surface area contributed by atoms with Crippen molar-refractivity contribution in [2.75, 3.05) is 26.2 Å². The molecule has 148 valence electrons. The van der Waals surface area contributed by atoms with E-state index in [1.165, 1.54) is 16.3 Å². The van der Waals surface area contributed by atoms with Crippen molar-refractivity contribution in [1.82, 2.24) is 9.91 Å². The highest BCUT2D eigenvalue weighted by atomic mass is 16.3. The molecule has 0 radical (unpaired) electrons. The zero-order chi connectivity index (χ0) is 20.1. The van der Waals surface area contributed by atoms with Crippen molar-refractivity contribution in [3.8, 4) is 5.75 Å². The largest absolute Gasteiger partial charge is 0.507 e. The van der Waals surface area contributed by atoms with Gasteiger partial charge >= 0.3 is 0 Å². The van der Waals surface area contributed by atoms with Crippen LogP contribution in [0.4, 0.5) is 0 Å². The molecule has 0 aromatic heterocycles. The number of aromatic hydroxyl groups is 1. The second-order valence-electron chi connectivity index (χ2n) is 7.46. The molecule has 1 aliphatic heterocycles. The molecule has 4 heteroatoms. The third-order valence-electron chi connectivity index (χ3n) is 5.50. The van der Waals surface area contributed by atoms with Crippen LogP contribution in [-0.4, -0.2) is 47.4 Å². The van der Waals surface area contributed by atoms with Gasteiger partial charge in [-0.3, -0.25) is 9.91 Å². The van der Waals surface area contributed by atoms with E-state index in [1.54, 1.807) is 12.3 Å². The molecular formula is C25H27N3O. The van der Waals surface area contributed by atoms with Gasteiger partial charge in [0.2, 0.25) is 0 Å². The van der Waals surface area contributed by atoms with Crippen LogP contribution in [0.1, 0.15) is 16.7 Å². The summed E-state index contributed by atoms with van der Waals surface area (Å²) in [7, 11) is 0. The van der Waals surface area contributed by atoms with Crippen molar-refractivity contribution < 1.29 is 5.11 Å². The standard InChI is InChI=1S/C25H27N3O/c1-2-7-21-10-6-11-22(25(21)29)18-26-28-16-14-27(15-17-28)19-23-12-5-9-20-8-3-4-13-24(20)23/h2-6,8-13,18,29H,1,7,14-17,19H2. The minimum atomic E-state index is 0.297. The molecule has 1 N–H and O–H groups in total. The number of rotatable bonds is 6. The van der Waals surface area contributed by atoms with Gasteiger partial charge in [-0.2, -0.15) is 5.10 Å². The van der Waals surface area contributed by atoms with Gasteiger partial charge in [-0.05, 0) is 34.4 Å². The Kier molecular flexibility index (Phi) is 5.92. The Bertz CT molecular complexity index is 1010. The van der Waals surface area contributed by atoms with E-state index in [0.717, 1.165) is 43.9 Å². The third kappa shape index (κ3) is 4.49. The Morgan fingerprint density at radius 3 is 2.45 bits per heavy atom. The molecule has 3 aromatic carbocycles. The maximum absolute atomic E-state index is 10.4. The summed E-state index contributed by atoms with van der Waals surface area (Å²) in [6.45, 7) is 8.42. The number of allylic oxidation sites excluding steroid dienone is 1. The van der Waals surface area contributed by atoms with Gasteiger partial charge in [-0.25, -0.2) is 0 Å². The molecule has 0 aliphatic carbocycles. The summed E-state index contributed by atoms with van der Waals surface area (Å²) in [5.41, 5.74) is 3.01.